The summed E-state index contributed by atoms with van der Waals surface area (Å²) in [6.07, 6.45) is 0.802. The molecular formula is C25H18F3N3O2. The number of alkyl halides is 3. The molecule has 0 radical (unpaired) electrons. The van der Waals surface area contributed by atoms with Crippen LogP contribution in [0.3, 0.4) is 0 Å². The highest BCUT2D eigenvalue weighted by atomic mass is 19.4. The number of pyridine rings is 2. The van der Waals surface area contributed by atoms with Crippen molar-refractivity contribution >= 4 is 34.8 Å². The van der Waals surface area contributed by atoms with Crippen molar-refractivity contribution in [2.24, 2.45) is 0 Å². The first-order valence-electron chi connectivity index (χ1n) is 9.95. The Balaban J connectivity index is 1.55. The summed E-state index contributed by atoms with van der Waals surface area (Å²) in [7, 11) is 0. The first-order valence-corrected chi connectivity index (χ1v) is 9.95. The number of carbonyl (C=O) groups excluding carboxylic acids is 1. The largest absolute Gasteiger partial charge is 0.416 e. The monoisotopic (exact) mass is 449 g/mol. The number of benzene rings is 2. The molecule has 0 bridgehead atoms. The van der Waals surface area contributed by atoms with Crippen molar-refractivity contribution in [1.82, 2.24) is 9.97 Å². The van der Waals surface area contributed by atoms with Crippen LogP contribution in [0, 0.1) is 6.92 Å². The summed E-state index contributed by atoms with van der Waals surface area (Å²) in [5, 5.41) is 3.43. The number of aromatic nitrogens is 2. The van der Waals surface area contributed by atoms with Gasteiger partial charge in [-0.3, -0.25) is 9.59 Å². The van der Waals surface area contributed by atoms with E-state index in [4.69, 9.17) is 0 Å². The Morgan fingerprint density at radius 1 is 1.03 bits per heavy atom. The van der Waals surface area contributed by atoms with Gasteiger partial charge in [0, 0.05) is 28.9 Å². The zero-order chi connectivity index (χ0) is 23.6. The highest BCUT2D eigenvalue weighted by molar-refractivity contribution is 6.04. The summed E-state index contributed by atoms with van der Waals surface area (Å²) < 4.78 is 38.8. The van der Waals surface area contributed by atoms with Gasteiger partial charge in [-0.2, -0.15) is 13.2 Å². The van der Waals surface area contributed by atoms with E-state index < -0.39 is 17.6 Å². The van der Waals surface area contributed by atoms with Gasteiger partial charge in [-0.15, -0.1) is 0 Å². The number of halogens is 3. The molecule has 0 atom stereocenters. The van der Waals surface area contributed by atoms with Crippen LogP contribution in [-0.2, 0) is 6.18 Å². The van der Waals surface area contributed by atoms with Crippen molar-refractivity contribution in [3.63, 3.8) is 0 Å². The molecule has 0 saturated heterocycles. The second kappa shape index (κ2) is 8.74. The molecule has 0 aliphatic carbocycles. The number of anilines is 1. The molecule has 0 aliphatic heterocycles. The van der Waals surface area contributed by atoms with Crippen LogP contribution in [0.5, 0.6) is 0 Å². The first kappa shape index (κ1) is 22.0. The third-order valence-electron chi connectivity index (χ3n) is 5.04. The fraction of sp³-hybridized carbons (Fsp3) is 0.0800. The molecule has 33 heavy (non-hydrogen) atoms. The minimum absolute atomic E-state index is 0.0808. The first-order chi connectivity index (χ1) is 15.7. The van der Waals surface area contributed by atoms with Gasteiger partial charge in [-0.05, 0) is 66.1 Å². The van der Waals surface area contributed by atoms with E-state index in [1.807, 2.05) is 31.2 Å². The smallest absolute Gasteiger partial charge is 0.322 e. The second-order valence-corrected chi connectivity index (χ2v) is 7.47. The number of fused-ring (bicyclic) bond motifs is 1. The quantitative estimate of drug-likeness (QED) is 0.421. The third kappa shape index (κ3) is 5.17. The minimum atomic E-state index is -4.52. The molecule has 4 aromatic rings. The number of aromatic amines is 1. The van der Waals surface area contributed by atoms with Gasteiger partial charge in [0.2, 0.25) is 5.56 Å². The molecule has 2 N–H and O–H groups in total. The van der Waals surface area contributed by atoms with Gasteiger partial charge in [0.25, 0.3) is 5.91 Å². The number of carbonyl (C=O) groups is 1. The Kier molecular flexibility index (Phi) is 5.83. The van der Waals surface area contributed by atoms with Crippen LogP contribution in [-0.4, -0.2) is 15.9 Å². The maximum Gasteiger partial charge on any atom is 0.416 e. The molecule has 2 aromatic heterocycles. The van der Waals surface area contributed by atoms with E-state index in [-0.39, 0.29) is 11.1 Å². The van der Waals surface area contributed by atoms with Gasteiger partial charge in [0.05, 0.1) is 5.56 Å². The fourth-order valence-electron chi connectivity index (χ4n) is 3.27. The van der Waals surface area contributed by atoms with Crippen LogP contribution >= 0.6 is 0 Å². The van der Waals surface area contributed by atoms with Gasteiger partial charge < -0.3 is 10.3 Å². The maximum atomic E-state index is 12.9. The molecule has 4 rings (SSSR count). The molecule has 2 heterocycles. The van der Waals surface area contributed by atoms with Crippen LogP contribution < -0.4 is 10.9 Å². The topological polar surface area (TPSA) is 74.8 Å². The minimum Gasteiger partial charge on any atom is -0.322 e. The fourth-order valence-corrected chi connectivity index (χ4v) is 3.27. The molecule has 0 unspecified atom stereocenters. The van der Waals surface area contributed by atoms with Crippen molar-refractivity contribution in [1.29, 1.82) is 0 Å². The van der Waals surface area contributed by atoms with Gasteiger partial charge in [0.15, 0.2) is 0 Å². The number of aryl methyl sites for hydroxylation is 1. The average Bonchev–Trinajstić information content (AvgIpc) is 2.79. The predicted molar refractivity (Wildman–Crippen MR) is 122 cm³/mol. The molecule has 166 valence electrons. The lowest BCUT2D eigenvalue weighted by Gasteiger charge is -2.10. The molecule has 8 heteroatoms. The molecule has 1 amide bonds. The molecule has 0 spiro atoms. The lowest BCUT2D eigenvalue weighted by molar-refractivity contribution is -0.137. The summed E-state index contributed by atoms with van der Waals surface area (Å²) >= 11 is 0. The molecule has 0 saturated carbocycles. The maximum absolute atomic E-state index is 12.9. The Labute approximate surface area is 186 Å². The zero-order valence-corrected chi connectivity index (χ0v) is 17.4. The number of hydrogen-bond acceptors (Lipinski definition) is 3. The summed E-state index contributed by atoms with van der Waals surface area (Å²) in [6, 6.07) is 14.5. The van der Waals surface area contributed by atoms with E-state index in [1.165, 1.54) is 18.2 Å². The van der Waals surface area contributed by atoms with E-state index in [0.29, 0.717) is 11.3 Å². The van der Waals surface area contributed by atoms with Crippen molar-refractivity contribution in [2.75, 3.05) is 5.32 Å². The average molecular weight is 449 g/mol. The number of nitrogens with zero attached hydrogens (tertiary/aromatic N) is 1. The van der Waals surface area contributed by atoms with Crippen molar-refractivity contribution in [3.05, 3.63) is 105 Å². The Morgan fingerprint density at radius 3 is 2.64 bits per heavy atom. The van der Waals surface area contributed by atoms with E-state index in [1.54, 1.807) is 24.4 Å². The van der Waals surface area contributed by atoms with Crippen LogP contribution in [0.1, 0.15) is 32.6 Å². The van der Waals surface area contributed by atoms with E-state index in [0.717, 1.165) is 34.2 Å². The predicted octanol–water partition coefficient (Wildman–Crippen LogP) is 5.67. The molecule has 5 nitrogen and oxygen atoms in total. The second-order valence-electron chi connectivity index (χ2n) is 7.47. The summed E-state index contributed by atoms with van der Waals surface area (Å²) in [6.45, 7) is 1.90. The Bertz CT molecular complexity index is 1440. The van der Waals surface area contributed by atoms with Crippen LogP contribution in [0.25, 0.3) is 23.2 Å². The Hall–Kier alpha value is -4.20. The number of hydrogen-bond donors (Lipinski definition) is 2. The van der Waals surface area contributed by atoms with Crippen LogP contribution in [0.4, 0.5) is 18.9 Å². The lowest BCUT2D eigenvalue weighted by atomic mass is 10.1. The number of rotatable bonds is 4. The van der Waals surface area contributed by atoms with Crippen LogP contribution in [0.15, 0.2) is 71.7 Å². The highest BCUT2D eigenvalue weighted by Crippen LogP contribution is 2.29. The standard InChI is InChI=1S/C25H18F3N3O2/c1-15-5-9-21(30-24(33)19-3-2-4-20(12-19)25(26,27)28)13-17(15)7-6-16-11-18-8-10-22(32)31-23(18)29-14-16/h2-14H,1H3,(H,30,33)(H,29,31,32)/b7-6+. The van der Waals surface area contributed by atoms with Gasteiger partial charge in [0.1, 0.15) is 5.65 Å². The number of nitrogens with one attached hydrogen (secondary N) is 2. The van der Waals surface area contributed by atoms with E-state index in [2.05, 4.69) is 15.3 Å². The van der Waals surface area contributed by atoms with Crippen molar-refractivity contribution in [3.8, 4) is 0 Å². The molecule has 2 aromatic carbocycles. The van der Waals surface area contributed by atoms with Gasteiger partial charge in [-0.25, -0.2) is 4.98 Å². The molecular weight excluding hydrogens is 431 g/mol. The number of H-pyrrole nitrogens is 1. The summed E-state index contributed by atoms with van der Waals surface area (Å²) in [5.41, 5.74) is 2.34. The summed E-state index contributed by atoms with van der Waals surface area (Å²) in [4.78, 5) is 30.8. The normalized spacial score (nSPS) is 11.8. The highest BCUT2D eigenvalue weighted by Gasteiger charge is 2.30. The van der Waals surface area contributed by atoms with Crippen molar-refractivity contribution < 1.29 is 18.0 Å². The van der Waals surface area contributed by atoms with Gasteiger partial charge >= 0.3 is 6.18 Å². The third-order valence-corrected chi connectivity index (χ3v) is 5.04. The van der Waals surface area contributed by atoms with E-state index in [9.17, 15) is 22.8 Å². The van der Waals surface area contributed by atoms with Crippen molar-refractivity contribution in [2.45, 2.75) is 13.1 Å². The molecule has 0 aliphatic rings. The zero-order valence-electron chi connectivity index (χ0n) is 17.4. The van der Waals surface area contributed by atoms with E-state index >= 15 is 0 Å². The molecule has 0 fully saturated rings. The van der Waals surface area contributed by atoms with Crippen LogP contribution in [0.2, 0.25) is 0 Å². The summed E-state index contributed by atoms with van der Waals surface area (Å²) in [5.74, 6) is -0.632. The number of amides is 1. The SMILES string of the molecule is Cc1ccc(NC(=O)c2cccc(C(F)(F)F)c2)cc1/C=C/c1cnc2[nH]c(=O)ccc2c1. The lowest BCUT2D eigenvalue weighted by Crippen LogP contribution is -2.14. The Morgan fingerprint density at radius 2 is 1.85 bits per heavy atom. The van der Waals surface area contributed by atoms with Gasteiger partial charge in [-0.1, -0.05) is 24.3 Å².